The molecule has 2 heterocycles. The molecule has 0 saturated heterocycles. The van der Waals surface area contributed by atoms with Crippen molar-refractivity contribution in [3.8, 4) is 22.8 Å². The minimum absolute atomic E-state index is 0. The first-order valence-electron chi connectivity index (χ1n) is 8.61. The van der Waals surface area contributed by atoms with Crippen LogP contribution in [0.4, 0.5) is 4.79 Å². The number of pyridine rings is 1. The predicted octanol–water partition coefficient (Wildman–Crippen LogP) is 2.67. The monoisotopic (exact) mass is 405 g/mol. The summed E-state index contributed by atoms with van der Waals surface area (Å²) in [6.45, 7) is 0.417. The Bertz CT molecular complexity index is 1150. The van der Waals surface area contributed by atoms with Gasteiger partial charge in [0.2, 0.25) is 5.75 Å². The maximum atomic E-state index is 12.3. The number of ether oxygens (including phenoxy) is 1. The van der Waals surface area contributed by atoms with Crippen LogP contribution < -0.4 is 16.0 Å². The average Bonchev–Trinajstić information content (AvgIpc) is 2.83. The third-order valence-electron chi connectivity index (χ3n) is 5.15. The lowest BCUT2D eigenvalue weighted by molar-refractivity contribution is 0.142. The molecule has 0 atom stereocenters. The molecular weight excluding hydrogens is 386 g/mol. The molecule has 0 radical (unpaired) electrons. The number of hydrogen-bond acceptors (Lipinski definition) is 5. The largest absolute Gasteiger partial charge is 0.511 e. The van der Waals surface area contributed by atoms with Gasteiger partial charge < -0.3 is 30.2 Å². The quantitative estimate of drug-likeness (QED) is 0.485. The van der Waals surface area contributed by atoms with Gasteiger partial charge in [-0.1, -0.05) is 0 Å². The van der Waals surface area contributed by atoms with Gasteiger partial charge in [0.15, 0.2) is 5.75 Å². The van der Waals surface area contributed by atoms with Crippen molar-refractivity contribution in [2.75, 3.05) is 0 Å². The summed E-state index contributed by atoms with van der Waals surface area (Å²) in [7, 11) is 1.96. The van der Waals surface area contributed by atoms with E-state index < -0.39 is 23.2 Å². The molecular formula is C19H20ClN3O5. The van der Waals surface area contributed by atoms with E-state index in [4.69, 9.17) is 10.8 Å². The van der Waals surface area contributed by atoms with Gasteiger partial charge in [-0.2, -0.15) is 0 Å². The van der Waals surface area contributed by atoms with Crippen molar-refractivity contribution in [2.24, 2.45) is 12.8 Å². The highest BCUT2D eigenvalue weighted by Crippen LogP contribution is 2.40. The number of aromatic amines is 1. The molecule has 1 aromatic carbocycles. The number of aromatic nitrogens is 2. The van der Waals surface area contributed by atoms with Crippen molar-refractivity contribution in [1.82, 2.24) is 9.55 Å². The lowest BCUT2D eigenvalue weighted by atomic mass is 9.99. The lowest BCUT2D eigenvalue weighted by Crippen LogP contribution is -2.17. The minimum atomic E-state index is -1.65. The molecule has 0 amide bonds. The van der Waals surface area contributed by atoms with Gasteiger partial charge in [-0.05, 0) is 43.0 Å². The van der Waals surface area contributed by atoms with Crippen LogP contribution in [0.3, 0.4) is 0 Å². The topological polar surface area (TPSA) is 131 Å². The first-order valence-corrected chi connectivity index (χ1v) is 8.61. The van der Waals surface area contributed by atoms with Gasteiger partial charge in [0.25, 0.3) is 5.56 Å². The number of hydrogen-bond donors (Lipinski definition) is 4. The number of nitrogens with two attached hydrogens (primary N) is 1. The second-order valence-electron chi connectivity index (χ2n) is 6.67. The smallest absolute Gasteiger partial charge is 0.504 e. The van der Waals surface area contributed by atoms with Crippen molar-refractivity contribution in [1.29, 1.82) is 0 Å². The summed E-state index contributed by atoms with van der Waals surface area (Å²) in [4.78, 5) is 25.8. The number of carbonyl (C=O) groups is 1. The number of carboxylic acid groups (broad SMARTS) is 1. The van der Waals surface area contributed by atoms with Gasteiger partial charge in [-0.25, -0.2) is 4.79 Å². The maximum Gasteiger partial charge on any atom is 0.511 e. The molecule has 1 aliphatic carbocycles. The van der Waals surface area contributed by atoms with Crippen molar-refractivity contribution in [3.05, 3.63) is 45.4 Å². The molecule has 0 saturated carbocycles. The Morgan fingerprint density at radius 2 is 2.07 bits per heavy atom. The first kappa shape index (κ1) is 19.8. The van der Waals surface area contributed by atoms with E-state index in [1.165, 1.54) is 0 Å². The summed E-state index contributed by atoms with van der Waals surface area (Å²) < 4.78 is 6.53. The van der Waals surface area contributed by atoms with Crippen LogP contribution >= 0.6 is 12.4 Å². The molecule has 4 rings (SSSR count). The average molecular weight is 406 g/mol. The van der Waals surface area contributed by atoms with Crippen LogP contribution in [0.15, 0.2) is 23.0 Å². The summed E-state index contributed by atoms with van der Waals surface area (Å²) in [5.41, 5.74) is 9.92. The number of fused-ring (bicyclic) bond motifs is 4. The van der Waals surface area contributed by atoms with E-state index in [1.807, 2.05) is 23.7 Å². The molecule has 9 heteroatoms. The fourth-order valence-corrected chi connectivity index (χ4v) is 3.84. The fraction of sp³-hybridized carbons (Fsp3) is 0.263. The van der Waals surface area contributed by atoms with Crippen molar-refractivity contribution >= 4 is 29.5 Å². The molecule has 0 spiro atoms. The summed E-state index contributed by atoms with van der Waals surface area (Å²) in [6.07, 6.45) is 0.350. The first-order chi connectivity index (χ1) is 12.9. The number of nitrogens with one attached hydrogen (secondary N) is 1. The van der Waals surface area contributed by atoms with E-state index >= 15 is 0 Å². The number of rotatable bonds is 2. The Balaban J connectivity index is 0.00000225. The molecule has 148 valence electrons. The van der Waals surface area contributed by atoms with Crippen molar-refractivity contribution < 1.29 is 19.7 Å². The lowest BCUT2D eigenvalue weighted by Gasteiger charge is -2.13. The Hall–Kier alpha value is -2.97. The highest BCUT2D eigenvalue weighted by atomic mass is 35.5. The molecule has 28 heavy (non-hydrogen) atoms. The van der Waals surface area contributed by atoms with E-state index in [9.17, 15) is 14.7 Å². The number of aromatic hydroxyl groups is 1. The van der Waals surface area contributed by atoms with Crippen LogP contribution in [0.1, 0.15) is 23.2 Å². The van der Waals surface area contributed by atoms with E-state index in [0.717, 1.165) is 40.6 Å². The number of halogens is 1. The summed E-state index contributed by atoms with van der Waals surface area (Å²) in [6, 6.07) is 6.05. The van der Waals surface area contributed by atoms with Gasteiger partial charge in [0.1, 0.15) is 0 Å². The van der Waals surface area contributed by atoms with E-state index in [2.05, 4.69) is 15.8 Å². The zero-order chi connectivity index (χ0) is 19.3. The van der Waals surface area contributed by atoms with Crippen LogP contribution in [0.5, 0.6) is 11.5 Å². The number of H-pyrrole nitrogens is 1. The Labute approximate surface area is 166 Å². The molecule has 2 aromatic heterocycles. The van der Waals surface area contributed by atoms with Gasteiger partial charge in [-0.3, -0.25) is 4.79 Å². The standard InChI is InChI=1S/C19H19N3O5.ClH/c1-22-11(8-20)5-10-6-13-9(7-14(10)22)3-2-4-12-15(13)21-18(24)17(16(12)23)27-19(25)26;/h5-7H,2-4,8,20H2,1H3,(H,25,26)(H2,21,23,24);1H. The molecule has 0 aliphatic heterocycles. The third kappa shape index (κ3) is 3.00. The molecule has 5 N–H and O–H groups in total. The number of aryl methyl sites for hydroxylation is 2. The van der Waals surface area contributed by atoms with Crippen LogP contribution in [-0.2, 0) is 26.4 Å². The van der Waals surface area contributed by atoms with E-state index in [1.54, 1.807) is 0 Å². The van der Waals surface area contributed by atoms with Gasteiger partial charge in [0.05, 0.1) is 5.69 Å². The molecule has 0 bridgehead atoms. The molecule has 3 aromatic rings. The third-order valence-corrected chi connectivity index (χ3v) is 5.15. The summed E-state index contributed by atoms with van der Waals surface area (Å²) in [5.74, 6) is -1.00. The minimum Gasteiger partial charge on any atom is -0.504 e. The van der Waals surface area contributed by atoms with Gasteiger partial charge in [0, 0.05) is 41.3 Å². The van der Waals surface area contributed by atoms with Gasteiger partial charge in [-0.15, -0.1) is 12.4 Å². The zero-order valence-electron chi connectivity index (χ0n) is 15.1. The van der Waals surface area contributed by atoms with Crippen LogP contribution in [0.25, 0.3) is 22.2 Å². The Morgan fingerprint density at radius 1 is 1.32 bits per heavy atom. The number of benzene rings is 1. The van der Waals surface area contributed by atoms with E-state index in [-0.39, 0.29) is 12.4 Å². The summed E-state index contributed by atoms with van der Waals surface area (Å²) >= 11 is 0. The molecule has 1 aliphatic rings. The Kier molecular flexibility index (Phi) is 5.10. The van der Waals surface area contributed by atoms with Crippen LogP contribution in [0, 0.1) is 0 Å². The van der Waals surface area contributed by atoms with Crippen LogP contribution in [-0.4, -0.2) is 25.9 Å². The fourth-order valence-electron chi connectivity index (χ4n) is 3.84. The highest BCUT2D eigenvalue weighted by Gasteiger charge is 2.25. The summed E-state index contributed by atoms with van der Waals surface area (Å²) in [5, 5.41) is 20.3. The van der Waals surface area contributed by atoms with Gasteiger partial charge >= 0.3 is 6.16 Å². The van der Waals surface area contributed by atoms with Crippen molar-refractivity contribution in [2.45, 2.75) is 25.8 Å². The highest BCUT2D eigenvalue weighted by molar-refractivity contribution is 5.89. The Morgan fingerprint density at radius 3 is 2.75 bits per heavy atom. The maximum absolute atomic E-state index is 12.3. The predicted molar refractivity (Wildman–Crippen MR) is 106 cm³/mol. The van der Waals surface area contributed by atoms with Crippen LogP contribution in [0.2, 0.25) is 0 Å². The zero-order valence-corrected chi connectivity index (χ0v) is 15.9. The SMILES string of the molecule is Cl.Cn1c(CN)cc2cc3c(cc21)CCCc1c-3[nH]c(=O)c(OC(=O)O)c1O. The van der Waals surface area contributed by atoms with Crippen molar-refractivity contribution in [3.63, 3.8) is 0 Å². The normalized spacial score (nSPS) is 12.6. The second-order valence-corrected chi connectivity index (χ2v) is 6.67. The molecule has 8 nitrogen and oxygen atoms in total. The van der Waals surface area contributed by atoms with E-state index in [0.29, 0.717) is 24.2 Å². The second kappa shape index (κ2) is 7.21. The molecule has 0 unspecified atom stereocenters. The molecule has 0 fully saturated rings. The number of nitrogens with zero attached hydrogens (tertiary/aromatic N) is 1.